The fraction of sp³-hybridized carbons (Fsp3) is 0.308. The third kappa shape index (κ3) is 2.58. The smallest absolute Gasteiger partial charge is 0.127 e. The first-order chi connectivity index (χ1) is 8.20. The number of aromatic nitrogens is 2. The summed E-state index contributed by atoms with van der Waals surface area (Å²) in [5, 5.41) is 3.37. The lowest BCUT2D eigenvalue weighted by Gasteiger charge is -2.10. The van der Waals surface area contributed by atoms with Crippen molar-refractivity contribution < 1.29 is 4.74 Å². The fourth-order valence-electron chi connectivity index (χ4n) is 1.70. The van der Waals surface area contributed by atoms with Crippen LogP contribution in [0.1, 0.15) is 11.4 Å². The maximum atomic E-state index is 5.18. The molecule has 2 rings (SSSR count). The Labute approximate surface area is 101 Å². The highest BCUT2D eigenvalue weighted by Gasteiger charge is 2.02. The molecule has 0 aliphatic carbocycles. The summed E-state index contributed by atoms with van der Waals surface area (Å²) in [6.07, 6.45) is 3.75. The third-order valence-electron chi connectivity index (χ3n) is 2.79. The Morgan fingerprint density at radius 3 is 2.82 bits per heavy atom. The van der Waals surface area contributed by atoms with Gasteiger partial charge in [0.15, 0.2) is 0 Å². The Hall–Kier alpha value is -1.97. The number of benzene rings is 1. The van der Waals surface area contributed by atoms with Crippen molar-refractivity contribution in [3.8, 4) is 5.75 Å². The summed E-state index contributed by atoms with van der Waals surface area (Å²) in [5.74, 6) is 1.89. The molecule has 0 aliphatic rings. The highest BCUT2D eigenvalue weighted by atomic mass is 16.5. The second-order valence-electron chi connectivity index (χ2n) is 3.99. The molecule has 4 heteroatoms. The predicted molar refractivity (Wildman–Crippen MR) is 68.3 cm³/mol. The summed E-state index contributed by atoms with van der Waals surface area (Å²) < 4.78 is 7.18. The van der Waals surface area contributed by atoms with Gasteiger partial charge in [0.1, 0.15) is 11.6 Å². The second-order valence-corrected chi connectivity index (χ2v) is 3.99. The molecule has 2 aromatic rings. The number of hydrogen-bond acceptors (Lipinski definition) is 3. The number of nitrogens with one attached hydrogen (secondary N) is 1. The molecule has 4 nitrogen and oxygen atoms in total. The van der Waals surface area contributed by atoms with Crippen LogP contribution in [0.15, 0.2) is 30.6 Å². The van der Waals surface area contributed by atoms with Gasteiger partial charge in [0.25, 0.3) is 0 Å². The molecule has 1 aromatic heterocycles. The van der Waals surface area contributed by atoms with Gasteiger partial charge >= 0.3 is 0 Å². The van der Waals surface area contributed by atoms with Crippen LogP contribution < -0.4 is 10.1 Å². The molecule has 0 saturated heterocycles. The summed E-state index contributed by atoms with van der Waals surface area (Å²) in [6, 6.07) is 5.99. The van der Waals surface area contributed by atoms with Gasteiger partial charge in [0, 0.05) is 25.1 Å². The van der Waals surface area contributed by atoms with Crippen molar-refractivity contribution in [1.82, 2.24) is 9.55 Å². The topological polar surface area (TPSA) is 39.1 Å². The zero-order valence-electron chi connectivity index (χ0n) is 10.4. The average Bonchev–Trinajstić information content (AvgIpc) is 2.73. The Morgan fingerprint density at radius 1 is 1.41 bits per heavy atom. The molecule has 0 radical (unpaired) electrons. The molecule has 0 unspecified atom stereocenters. The molecule has 0 atom stereocenters. The van der Waals surface area contributed by atoms with E-state index in [-0.39, 0.29) is 0 Å². The lowest BCUT2D eigenvalue weighted by molar-refractivity contribution is 0.414. The molecule has 0 spiro atoms. The van der Waals surface area contributed by atoms with Gasteiger partial charge in [-0.05, 0) is 30.7 Å². The molecule has 1 aromatic carbocycles. The van der Waals surface area contributed by atoms with E-state index in [1.807, 2.05) is 36.0 Å². The van der Waals surface area contributed by atoms with Gasteiger partial charge in [0.05, 0.1) is 13.7 Å². The highest BCUT2D eigenvalue weighted by molar-refractivity contribution is 5.53. The molecular formula is C13H17N3O. The Kier molecular flexibility index (Phi) is 3.32. The van der Waals surface area contributed by atoms with Crippen LogP contribution in [-0.4, -0.2) is 16.7 Å². The van der Waals surface area contributed by atoms with E-state index >= 15 is 0 Å². The SMILES string of the molecule is COc1ccc(NCc2nccn2C)c(C)c1. The van der Waals surface area contributed by atoms with Crippen molar-refractivity contribution in [2.45, 2.75) is 13.5 Å². The van der Waals surface area contributed by atoms with Crippen LogP contribution >= 0.6 is 0 Å². The number of hydrogen-bond donors (Lipinski definition) is 1. The normalized spacial score (nSPS) is 10.3. The number of nitrogens with zero attached hydrogens (tertiary/aromatic N) is 2. The lowest BCUT2D eigenvalue weighted by atomic mass is 10.2. The number of imidazole rings is 1. The third-order valence-corrected chi connectivity index (χ3v) is 2.79. The summed E-state index contributed by atoms with van der Waals surface area (Å²) in [6.45, 7) is 2.78. The summed E-state index contributed by atoms with van der Waals surface area (Å²) in [7, 11) is 3.67. The Balaban J connectivity index is 2.07. The average molecular weight is 231 g/mol. The van der Waals surface area contributed by atoms with E-state index < -0.39 is 0 Å². The van der Waals surface area contributed by atoms with Crippen LogP contribution in [0.3, 0.4) is 0 Å². The molecule has 0 fully saturated rings. The van der Waals surface area contributed by atoms with Gasteiger partial charge in [-0.15, -0.1) is 0 Å². The van der Waals surface area contributed by atoms with Crippen molar-refractivity contribution in [3.63, 3.8) is 0 Å². The Morgan fingerprint density at radius 2 is 2.24 bits per heavy atom. The summed E-state index contributed by atoms with van der Waals surface area (Å²) >= 11 is 0. The predicted octanol–water partition coefficient (Wildman–Crippen LogP) is 2.35. The zero-order chi connectivity index (χ0) is 12.3. The van der Waals surface area contributed by atoms with E-state index in [1.165, 1.54) is 5.56 Å². The van der Waals surface area contributed by atoms with Crippen LogP contribution in [0.4, 0.5) is 5.69 Å². The lowest BCUT2D eigenvalue weighted by Crippen LogP contribution is -2.06. The van der Waals surface area contributed by atoms with E-state index in [4.69, 9.17) is 4.74 Å². The van der Waals surface area contributed by atoms with Crippen LogP contribution in [-0.2, 0) is 13.6 Å². The van der Waals surface area contributed by atoms with E-state index in [0.717, 1.165) is 23.8 Å². The van der Waals surface area contributed by atoms with Gasteiger partial charge < -0.3 is 14.6 Å². The number of ether oxygens (including phenoxy) is 1. The van der Waals surface area contributed by atoms with Crippen molar-refractivity contribution in [1.29, 1.82) is 0 Å². The standard InChI is InChI=1S/C13H17N3O/c1-10-8-11(17-3)4-5-12(10)15-9-13-14-6-7-16(13)2/h4-8,15H,9H2,1-3H3. The minimum Gasteiger partial charge on any atom is -0.497 e. The Bertz CT molecular complexity index is 505. The number of rotatable bonds is 4. The van der Waals surface area contributed by atoms with E-state index in [9.17, 15) is 0 Å². The molecule has 0 aliphatic heterocycles. The van der Waals surface area contributed by atoms with Crippen LogP contribution in [0.2, 0.25) is 0 Å². The molecule has 0 amide bonds. The molecule has 0 bridgehead atoms. The largest absolute Gasteiger partial charge is 0.497 e. The van der Waals surface area contributed by atoms with Crippen LogP contribution in [0, 0.1) is 6.92 Å². The van der Waals surface area contributed by atoms with E-state index in [2.05, 4.69) is 17.2 Å². The van der Waals surface area contributed by atoms with E-state index in [1.54, 1.807) is 13.3 Å². The first kappa shape index (κ1) is 11.5. The van der Waals surface area contributed by atoms with Gasteiger partial charge in [-0.3, -0.25) is 0 Å². The maximum absolute atomic E-state index is 5.18. The molecule has 17 heavy (non-hydrogen) atoms. The first-order valence-electron chi connectivity index (χ1n) is 5.55. The van der Waals surface area contributed by atoms with Crippen LogP contribution in [0.25, 0.3) is 0 Å². The quantitative estimate of drug-likeness (QED) is 0.878. The number of anilines is 1. The molecular weight excluding hydrogens is 214 g/mol. The van der Waals surface area contributed by atoms with Gasteiger partial charge in [-0.25, -0.2) is 4.98 Å². The van der Waals surface area contributed by atoms with Crippen molar-refractivity contribution in [3.05, 3.63) is 42.0 Å². The van der Waals surface area contributed by atoms with Crippen LogP contribution in [0.5, 0.6) is 5.75 Å². The number of methoxy groups -OCH3 is 1. The molecule has 0 saturated carbocycles. The highest BCUT2D eigenvalue weighted by Crippen LogP contribution is 2.21. The minimum absolute atomic E-state index is 0.719. The minimum atomic E-state index is 0.719. The molecule has 1 N–H and O–H groups in total. The van der Waals surface area contributed by atoms with Crippen molar-refractivity contribution in [2.24, 2.45) is 7.05 Å². The van der Waals surface area contributed by atoms with Gasteiger partial charge in [-0.1, -0.05) is 0 Å². The van der Waals surface area contributed by atoms with Gasteiger partial charge in [0.2, 0.25) is 0 Å². The molecule has 90 valence electrons. The number of aryl methyl sites for hydroxylation is 2. The summed E-state index contributed by atoms with van der Waals surface area (Å²) in [4.78, 5) is 4.27. The maximum Gasteiger partial charge on any atom is 0.127 e. The zero-order valence-corrected chi connectivity index (χ0v) is 10.4. The van der Waals surface area contributed by atoms with Crippen molar-refractivity contribution >= 4 is 5.69 Å². The van der Waals surface area contributed by atoms with Gasteiger partial charge in [-0.2, -0.15) is 0 Å². The van der Waals surface area contributed by atoms with E-state index in [0.29, 0.717) is 0 Å². The fourth-order valence-corrected chi connectivity index (χ4v) is 1.70. The first-order valence-corrected chi connectivity index (χ1v) is 5.55. The van der Waals surface area contributed by atoms with Crippen molar-refractivity contribution in [2.75, 3.05) is 12.4 Å². The monoisotopic (exact) mass is 231 g/mol. The second kappa shape index (κ2) is 4.91. The summed E-state index contributed by atoms with van der Waals surface area (Å²) in [5.41, 5.74) is 2.27. The molecule has 1 heterocycles.